The molecule has 4 aromatic rings. The van der Waals surface area contributed by atoms with E-state index in [4.69, 9.17) is 32.4 Å². The lowest BCUT2D eigenvalue weighted by Crippen LogP contribution is -2.24. The van der Waals surface area contributed by atoms with Gasteiger partial charge in [0.1, 0.15) is 17.3 Å². The van der Waals surface area contributed by atoms with Crippen LogP contribution >= 0.6 is 23.2 Å². The molecule has 5 rings (SSSR count). The number of nitrogens with zero attached hydrogens (tertiary/aromatic N) is 1. The van der Waals surface area contributed by atoms with Gasteiger partial charge >= 0.3 is 0 Å². The minimum absolute atomic E-state index is 0.138. The number of carbonyl (C=O) groups excluding carboxylic acids is 1. The average Bonchev–Trinajstić information content (AvgIpc) is 3.47. The smallest absolute Gasteiger partial charge is 0.263 e. The first-order valence-corrected chi connectivity index (χ1v) is 11.9. The zero-order valence-electron chi connectivity index (χ0n) is 18.9. The van der Waals surface area contributed by atoms with Crippen molar-refractivity contribution in [1.82, 2.24) is 0 Å². The molecular weight excluding hydrogens is 481 g/mol. The van der Waals surface area contributed by atoms with Crippen molar-refractivity contribution in [2.75, 3.05) is 11.5 Å². The average molecular weight is 502 g/mol. The van der Waals surface area contributed by atoms with Crippen LogP contribution in [0.3, 0.4) is 0 Å². The van der Waals surface area contributed by atoms with Crippen molar-refractivity contribution < 1.29 is 13.9 Å². The molecule has 0 saturated carbocycles. The van der Waals surface area contributed by atoms with Gasteiger partial charge in [0.05, 0.1) is 22.3 Å². The zero-order chi connectivity index (χ0) is 24.4. The van der Waals surface area contributed by atoms with E-state index in [1.165, 1.54) is 0 Å². The summed E-state index contributed by atoms with van der Waals surface area (Å²) in [7, 11) is 0. The highest BCUT2D eigenvalue weighted by Gasteiger charge is 2.30. The molecule has 0 unspecified atom stereocenters. The van der Waals surface area contributed by atoms with E-state index in [0.717, 1.165) is 28.3 Å². The second-order valence-electron chi connectivity index (χ2n) is 7.89. The van der Waals surface area contributed by atoms with Crippen LogP contribution in [-0.2, 0) is 4.79 Å². The van der Waals surface area contributed by atoms with Crippen LogP contribution in [0.25, 0.3) is 23.1 Å². The van der Waals surface area contributed by atoms with Crippen LogP contribution < -0.4 is 9.64 Å². The summed E-state index contributed by atoms with van der Waals surface area (Å²) in [5, 5.41) is 0.932. The zero-order valence-corrected chi connectivity index (χ0v) is 20.4. The van der Waals surface area contributed by atoms with Crippen molar-refractivity contribution in [3.8, 4) is 17.1 Å². The number of hydrogen-bond acceptors (Lipinski definition) is 3. The van der Waals surface area contributed by atoms with Gasteiger partial charge in [-0.05, 0) is 79.2 Å². The molecular formula is C29H21Cl2NO3. The van der Waals surface area contributed by atoms with Crippen molar-refractivity contribution in [1.29, 1.82) is 0 Å². The molecule has 1 aliphatic heterocycles. The molecule has 0 spiro atoms. The third-order valence-electron chi connectivity index (χ3n) is 5.59. The summed E-state index contributed by atoms with van der Waals surface area (Å²) in [6, 6.07) is 26.3. The molecule has 35 heavy (non-hydrogen) atoms. The summed E-state index contributed by atoms with van der Waals surface area (Å²) in [5.74, 6) is 1.82. The second kappa shape index (κ2) is 9.87. The third kappa shape index (κ3) is 4.76. The highest BCUT2D eigenvalue weighted by atomic mass is 35.5. The standard InChI is InChI=1S/C29H21Cl2NO3/c1-2-34-23-11-9-22(10-12-23)32-27(19-6-4-3-5-7-19)18-21(29(32)33)16-24-13-15-28(35-24)20-8-14-25(30)26(31)17-20/h3-18H,2H2,1H3. The van der Waals surface area contributed by atoms with E-state index in [0.29, 0.717) is 33.7 Å². The molecule has 0 saturated heterocycles. The Morgan fingerprint density at radius 3 is 2.37 bits per heavy atom. The number of carbonyl (C=O) groups is 1. The van der Waals surface area contributed by atoms with Gasteiger partial charge in [-0.1, -0.05) is 53.5 Å². The van der Waals surface area contributed by atoms with Gasteiger partial charge in [-0.2, -0.15) is 0 Å². The number of ether oxygens (including phenoxy) is 1. The summed E-state index contributed by atoms with van der Waals surface area (Å²) in [6.07, 6.45) is 3.64. The SMILES string of the molecule is CCOc1ccc(N2C(=O)C(=Cc3ccc(-c4ccc(Cl)c(Cl)c4)o3)C=C2c2ccccc2)cc1. The molecule has 0 bridgehead atoms. The topological polar surface area (TPSA) is 42.7 Å². The molecule has 0 atom stereocenters. The number of furan rings is 1. The van der Waals surface area contributed by atoms with Crippen molar-refractivity contribution >= 4 is 46.6 Å². The van der Waals surface area contributed by atoms with Crippen LogP contribution in [-0.4, -0.2) is 12.5 Å². The highest BCUT2D eigenvalue weighted by molar-refractivity contribution is 6.42. The molecule has 2 heterocycles. The summed E-state index contributed by atoms with van der Waals surface area (Å²) < 4.78 is 11.6. The van der Waals surface area contributed by atoms with Crippen LogP contribution in [0.1, 0.15) is 18.2 Å². The number of amides is 1. The molecule has 3 aromatic carbocycles. The maximum Gasteiger partial charge on any atom is 0.263 e. The van der Waals surface area contributed by atoms with Gasteiger partial charge in [-0.25, -0.2) is 0 Å². The molecule has 0 fully saturated rings. The Hall–Kier alpha value is -3.73. The summed E-state index contributed by atoms with van der Waals surface area (Å²) in [5.41, 5.74) is 3.82. The minimum atomic E-state index is -0.138. The first kappa shape index (κ1) is 23.0. The van der Waals surface area contributed by atoms with Gasteiger partial charge < -0.3 is 9.15 Å². The maximum absolute atomic E-state index is 13.6. The van der Waals surface area contributed by atoms with Crippen molar-refractivity contribution in [2.24, 2.45) is 0 Å². The lowest BCUT2D eigenvalue weighted by Gasteiger charge is -2.21. The Kier molecular flexibility index (Phi) is 6.49. The fourth-order valence-corrected chi connectivity index (χ4v) is 4.24. The Labute approximate surface area is 213 Å². The molecule has 6 heteroatoms. The van der Waals surface area contributed by atoms with Gasteiger partial charge in [-0.3, -0.25) is 9.69 Å². The molecule has 0 aliphatic carbocycles. The fraction of sp³-hybridized carbons (Fsp3) is 0.0690. The fourth-order valence-electron chi connectivity index (χ4n) is 3.94. The normalized spacial score (nSPS) is 14.5. The molecule has 174 valence electrons. The summed E-state index contributed by atoms with van der Waals surface area (Å²) >= 11 is 12.2. The molecule has 1 aromatic heterocycles. The number of hydrogen-bond donors (Lipinski definition) is 0. The Bertz CT molecular complexity index is 1440. The van der Waals surface area contributed by atoms with Gasteiger partial charge in [-0.15, -0.1) is 0 Å². The largest absolute Gasteiger partial charge is 0.494 e. The van der Waals surface area contributed by atoms with E-state index < -0.39 is 0 Å². The predicted molar refractivity (Wildman–Crippen MR) is 142 cm³/mol. The van der Waals surface area contributed by atoms with Gasteiger partial charge in [0, 0.05) is 16.8 Å². The number of benzene rings is 3. The molecule has 1 amide bonds. The minimum Gasteiger partial charge on any atom is -0.494 e. The van der Waals surface area contributed by atoms with Gasteiger partial charge in [0.2, 0.25) is 0 Å². The van der Waals surface area contributed by atoms with Crippen molar-refractivity contribution in [2.45, 2.75) is 6.92 Å². The van der Waals surface area contributed by atoms with Crippen molar-refractivity contribution in [3.05, 3.63) is 118 Å². The maximum atomic E-state index is 13.6. The Morgan fingerprint density at radius 1 is 0.886 bits per heavy atom. The number of rotatable bonds is 6. The van der Waals surface area contributed by atoms with Crippen molar-refractivity contribution in [3.63, 3.8) is 0 Å². The number of halogens is 2. The Morgan fingerprint density at radius 2 is 1.66 bits per heavy atom. The van der Waals surface area contributed by atoms with Crippen LogP contribution in [0.2, 0.25) is 10.0 Å². The molecule has 0 radical (unpaired) electrons. The molecule has 4 nitrogen and oxygen atoms in total. The van der Waals surface area contributed by atoms with Gasteiger partial charge in [0.25, 0.3) is 5.91 Å². The Balaban J connectivity index is 1.51. The van der Waals surface area contributed by atoms with Gasteiger partial charge in [0.15, 0.2) is 0 Å². The second-order valence-corrected chi connectivity index (χ2v) is 8.71. The van der Waals surface area contributed by atoms with Crippen LogP contribution in [0, 0.1) is 0 Å². The third-order valence-corrected chi connectivity index (χ3v) is 6.33. The highest BCUT2D eigenvalue weighted by Crippen LogP contribution is 2.36. The lowest BCUT2D eigenvalue weighted by molar-refractivity contribution is -0.113. The van der Waals surface area contributed by atoms with Crippen LogP contribution in [0.5, 0.6) is 5.75 Å². The first-order chi connectivity index (χ1) is 17.0. The van der Waals surface area contributed by atoms with Crippen LogP contribution in [0.15, 0.2) is 101 Å². The summed E-state index contributed by atoms with van der Waals surface area (Å²) in [6.45, 7) is 2.52. The first-order valence-electron chi connectivity index (χ1n) is 11.1. The van der Waals surface area contributed by atoms with E-state index >= 15 is 0 Å². The van der Waals surface area contributed by atoms with E-state index in [1.54, 1.807) is 23.1 Å². The molecule has 0 N–H and O–H groups in total. The van der Waals surface area contributed by atoms with Crippen LogP contribution in [0.4, 0.5) is 5.69 Å². The van der Waals surface area contributed by atoms with E-state index in [2.05, 4.69) is 0 Å². The van der Waals surface area contributed by atoms with E-state index in [-0.39, 0.29) is 5.91 Å². The monoisotopic (exact) mass is 501 g/mol. The number of anilines is 1. The lowest BCUT2D eigenvalue weighted by atomic mass is 10.1. The summed E-state index contributed by atoms with van der Waals surface area (Å²) in [4.78, 5) is 15.3. The van der Waals surface area contributed by atoms with E-state index in [9.17, 15) is 4.79 Å². The van der Waals surface area contributed by atoms with E-state index in [1.807, 2.05) is 85.8 Å². The molecule has 1 aliphatic rings. The quantitative estimate of drug-likeness (QED) is 0.250. The predicted octanol–water partition coefficient (Wildman–Crippen LogP) is 8.12.